The highest BCUT2D eigenvalue weighted by Gasteiger charge is 2.17. The van der Waals surface area contributed by atoms with E-state index in [1.165, 1.54) is 11.3 Å². The van der Waals surface area contributed by atoms with E-state index in [1.54, 1.807) is 16.6 Å². The second-order valence-corrected chi connectivity index (χ2v) is 8.08. The summed E-state index contributed by atoms with van der Waals surface area (Å²) in [6, 6.07) is 16.4. The minimum atomic E-state index is -0.0436. The molecular weight excluding hydrogens is 408 g/mol. The molecule has 0 amide bonds. The lowest BCUT2D eigenvalue weighted by Gasteiger charge is -2.10. The number of phenolic OH excluding ortho intramolecular Hbond substituents is 1. The second-order valence-electron chi connectivity index (χ2n) is 6.62. The fourth-order valence-corrected chi connectivity index (χ4v) is 4.26. The lowest BCUT2D eigenvalue weighted by Crippen LogP contribution is -2.06. The van der Waals surface area contributed by atoms with Crippen molar-refractivity contribution in [1.29, 1.82) is 0 Å². The Balaban J connectivity index is 1.49. The Morgan fingerprint density at radius 3 is 2.72 bits per heavy atom. The molecule has 5 rings (SSSR count). The summed E-state index contributed by atoms with van der Waals surface area (Å²) in [5.41, 5.74) is 2.56. The van der Waals surface area contributed by atoms with Crippen LogP contribution >= 0.6 is 22.9 Å². The first-order valence-corrected chi connectivity index (χ1v) is 10.1. The van der Waals surface area contributed by atoms with Gasteiger partial charge in [-0.1, -0.05) is 42.0 Å². The molecule has 0 unspecified atom stereocenters. The summed E-state index contributed by atoms with van der Waals surface area (Å²) in [7, 11) is 0. The van der Waals surface area contributed by atoms with Gasteiger partial charge in [0, 0.05) is 10.9 Å². The van der Waals surface area contributed by atoms with Crippen molar-refractivity contribution in [2.24, 2.45) is 0 Å². The number of fused-ring (bicyclic) bond motifs is 2. The summed E-state index contributed by atoms with van der Waals surface area (Å²) in [4.78, 5) is 4.57. The number of anilines is 2. The molecule has 3 aromatic heterocycles. The Morgan fingerprint density at radius 2 is 1.90 bits per heavy atom. The zero-order chi connectivity index (χ0) is 20.0. The largest absolute Gasteiger partial charge is 0.508 e. The summed E-state index contributed by atoms with van der Waals surface area (Å²) in [6.07, 6.45) is 0. The van der Waals surface area contributed by atoms with Crippen LogP contribution in [0.4, 0.5) is 10.9 Å². The fraction of sp³-hybridized carbons (Fsp3) is 0.100. The van der Waals surface area contributed by atoms with E-state index in [-0.39, 0.29) is 11.7 Å². The number of benzene rings is 2. The lowest BCUT2D eigenvalue weighted by molar-refractivity contribution is 0.475. The Kier molecular flexibility index (Phi) is 4.30. The van der Waals surface area contributed by atoms with Crippen molar-refractivity contribution in [1.82, 2.24) is 24.8 Å². The molecule has 2 N–H and O–H groups in total. The molecule has 3 heterocycles. The monoisotopic (exact) mass is 422 g/mol. The van der Waals surface area contributed by atoms with Crippen LogP contribution in [0.2, 0.25) is 5.02 Å². The summed E-state index contributed by atoms with van der Waals surface area (Å²) in [6.45, 7) is 2.03. The summed E-state index contributed by atoms with van der Waals surface area (Å²) in [5.74, 6) is 1.54. The van der Waals surface area contributed by atoms with Crippen LogP contribution in [0.15, 0.2) is 54.6 Å². The van der Waals surface area contributed by atoms with E-state index in [0.29, 0.717) is 22.3 Å². The highest BCUT2D eigenvalue weighted by molar-refractivity contribution is 7.22. The maximum absolute atomic E-state index is 9.52. The average molecular weight is 423 g/mol. The highest BCUT2D eigenvalue weighted by Crippen LogP contribution is 2.30. The highest BCUT2D eigenvalue weighted by atomic mass is 35.5. The van der Waals surface area contributed by atoms with Crippen LogP contribution in [0.5, 0.6) is 5.75 Å². The third-order valence-electron chi connectivity index (χ3n) is 4.65. The molecule has 5 aromatic rings. The summed E-state index contributed by atoms with van der Waals surface area (Å²) in [5, 5.41) is 27.4. The lowest BCUT2D eigenvalue weighted by atomic mass is 10.0. The van der Waals surface area contributed by atoms with Crippen LogP contribution in [-0.4, -0.2) is 29.9 Å². The van der Waals surface area contributed by atoms with E-state index >= 15 is 0 Å². The minimum Gasteiger partial charge on any atom is -0.508 e. The third kappa shape index (κ3) is 3.37. The van der Waals surface area contributed by atoms with Gasteiger partial charge in [0.1, 0.15) is 5.75 Å². The zero-order valence-corrected chi connectivity index (χ0v) is 16.8. The van der Waals surface area contributed by atoms with Crippen molar-refractivity contribution in [2.75, 3.05) is 5.32 Å². The summed E-state index contributed by atoms with van der Waals surface area (Å²) >= 11 is 7.57. The Bertz CT molecular complexity index is 1330. The minimum absolute atomic E-state index is 0.0436. The maximum atomic E-state index is 9.52. The molecule has 0 saturated carbocycles. The van der Waals surface area contributed by atoms with E-state index in [2.05, 4.69) is 25.6 Å². The predicted octanol–water partition coefficient (Wildman–Crippen LogP) is 4.99. The second kappa shape index (κ2) is 6.98. The van der Waals surface area contributed by atoms with Crippen LogP contribution < -0.4 is 5.32 Å². The average Bonchev–Trinajstić information content (AvgIpc) is 3.31. The molecule has 0 aliphatic heterocycles. The first kappa shape index (κ1) is 17.8. The van der Waals surface area contributed by atoms with Crippen molar-refractivity contribution in [3.63, 3.8) is 0 Å². The van der Waals surface area contributed by atoms with E-state index < -0.39 is 0 Å². The van der Waals surface area contributed by atoms with Gasteiger partial charge < -0.3 is 10.4 Å². The van der Waals surface area contributed by atoms with Crippen LogP contribution in [0.3, 0.4) is 0 Å². The van der Waals surface area contributed by atoms with Crippen LogP contribution in [0.1, 0.15) is 24.2 Å². The number of phenols is 1. The molecule has 0 saturated heterocycles. The van der Waals surface area contributed by atoms with Crippen LogP contribution in [-0.2, 0) is 0 Å². The SMILES string of the molecule is C[C@@H](c1ccc(O)cc1)c1nnc2ccc(Nc3nc4ccc(Cl)cc4s3)nn12. The first-order chi connectivity index (χ1) is 14.1. The molecular formula is C20H15ClN6OS. The number of thiazole rings is 1. The molecule has 0 radical (unpaired) electrons. The molecule has 0 aliphatic carbocycles. The van der Waals surface area contributed by atoms with Gasteiger partial charge in [0.2, 0.25) is 0 Å². The molecule has 0 aliphatic rings. The Hall–Kier alpha value is -3.23. The standard InChI is InChI=1S/C20H15ClN6OS/c1-11(12-2-5-14(28)6-3-12)19-25-24-18-9-8-17(26-27(18)19)23-20-22-15-7-4-13(21)10-16(15)29-20/h2-11,28H,1H3,(H,22,23,26)/t11-/m0/s1. The van der Waals surface area contributed by atoms with Crippen molar-refractivity contribution >= 4 is 49.8 Å². The van der Waals surface area contributed by atoms with Crippen LogP contribution in [0, 0.1) is 0 Å². The molecule has 0 bridgehead atoms. The first-order valence-electron chi connectivity index (χ1n) is 8.91. The van der Waals surface area contributed by atoms with Gasteiger partial charge in [-0.05, 0) is 48.0 Å². The van der Waals surface area contributed by atoms with Crippen molar-refractivity contribution in [3.05, 3.63) is 71.0 Å². The predicted molar refractivity (Wildman–Crippen MR) is 114 cm³/mol. The zero-order valence-electron chi connectivity index (χ0n) is 15.2. The number of rotatable bonds is 4. The van der Waals surface area contributed by atoms with E-state index in [4.69, 9.17) is 11.6 Å². The molecule has 7 nitrogen and oxygen atoms in total. The van der Waals surface area contributed by atoms with E-state index in [1.807, 2.05) is 49.4 Å². The van der Waals surface area contributed by atoms with Gasteiger partial charge in [-0.25, -0.2) is 4.98 Å². The Labute approximate surface area is 174 Å². The molecule has 0 fully saturated rings. The molecule has 9 heteroatoms. The van der Waals surface area contributed by atoms with Gasteiger partial charge >= 0.3 is 0 Å². The van der Waals surface area contributed by atoms with Gasteiger partial charge in [-0.3, -0.25) is 0 Å². The van der Waals surface area contributed by atoms with Gasteiger partial charge in [0.05, 0.1) is 10.2 Å². The number of aromatic nitrogens is 5. The van der Waals surface area contributed by atoms with Crippen LogP contribution in [0.25, 0.3) is 15.9 Å². The van der Waals surface area contributed by atoms with Crippen molar-refractivity contribution in [3.8, 4) is 5.75 Å². The number of hydrogen-bond donors (Lipinski definition) is 2. The molecule has 1 atom stereocenters. The smallest absolute Gasteiger partial charge is 0.189 e. The number of halogens is 1. The third-order valence-corrected chi connectivity index (χ3v) is 5.82. The molecule has 2 aromatic carbocycles. The van der Waals surface area contributed by atoms with E-state index in [0.717, 1.165) is 20.9 Å². The van der Waals surface area contributed by atoms with Crippen molar-refractivity contribution in [2.45, 2.75) is 12.8 Å². The summed E-state index contributed by atoms with van der Waals surface area (Å²) < 4.78 is 2.73. The quantitative estimate of drug-likeness (QED) is 0.424. The number of nitrogens with one attached hydrogen (secondary N) is 1. The van der Waals surface area contributed by atoms with Gasteiger partial charge in [0.15, 0.2) is 22.4 Å². The number of aromatic hydroxyl groups is 1. The van der Waals surface area contributed by atoms with Gasteiger partial charge in [0.25, 0.3) is 0 Å². The van der Waals surface area contributed by atoms with E-state index in [9.17, 15) is 5.11 Å². The molecule has 29 heavy (non-hydrogen) atoms. The normalized spacial score (nSPS) is 12.5. The molecule has 0 spiro atoms. The Morgan fingerprint density at radius 1 is 1.07 bits per heavy atom. The fourth-order valence-electron chi connectivity index (χ4n) is 3.12. The number of nitrogens with zero attached hydrogens (tertiary/aromatic N) is 5. The maximum Gasteiger partial charge on any atom is 0.189 e. The molecule has 144 valence electrons. The van der Waals surface area contributed by atoms with Crippen molar-refractivity contribution < 1.29 is 5.11 Å². The number of hydrogen-bond acceptors (Lipinski definition) is 7. The van der Waals surface area contributed by atoms with Gasteiger partial charge in [-0.2, -0.15) is 4.52 Å². The topological polar surface area (TPSA) is 88.2 Å². The van der Waals surface area contributed by atoms with Gasteiger partial charge in [-0.15, -0.1) is 15.3 Å².